The van der Waals surface area contributed by atoms with Crippen molar-refractivity contribution in [2.24, 2.45) is 0 Å². The van der Waals surface area contributed by atoms with Gasteiger partial charge in [-0.15, -0.1) is 0 Å². The van der Waals surface area contributed by atoms with Crippen molar-refractivity contribution in [1.82, 2.24) is 4.31 Å². The van der Waals surface area contributed by atoms with Crippen LogP contribution in [0.15, 0.2) is 41.3 Å². The summed E-state index contributed by atoms with van der Waals surface area (Å²) in [6, 6.07) is 10.8. The van der Waals surface area contributed by atoms with Crippen molar-refractivity contribution < 1.29 is 13.2 Å². The van der Waals surface area contributed by atoms with Gasteiger partial charge in [0.2, 0.25) is 15.9 Å². The Morgan fingerprint density at radius 3 is 2.21 bits per heavy atom. The first kappa shape index (κ1) is 21.5. The van der Waals surface area contributed by atoms with Gasteiger partial charge in [0, 0.05) is 12.2 Å². The monoisotopic (exact) mass is 414 g/mol. The van der Waals surface area contributed by atoms with Gasteiger partial charge in [0.25, 0.3) is 0 Å². The van der Waals surface area contributed by atoms with Gasteiger partial charge in [0.15, 0.2) is 0 Å². The second kappa shape index (κ2) is 8.28. The number of amides is 1. The molecule has 1 unspecified atom stereocenters. The highest BCUT2D eigenvalue weighted by atomic mass is 32.2. The van der Waals surface area contributed by atoms with Crippen molar-refractivity contribution in [3.63, 3.8) is 0 Å². The predicted molar refractivity (Wildman–Crippen MR) is 117 cm³/mol. The number of sulfonamides is 1. The normalized spacial score (nSPS) is 17.7. The van der Waals surface area contributed by atoms with E-state index in [0.717, 1.165) is 16.7 Å². The molecule has 5 nitrogen and oxygen atoms in total. The van der Waals surface area contributed by atoms with Gasteiger partial charge in [-0.05, 0) is 68.4 Å². The number of anilines is 1. The number of nitrogens with one attached hydrogen (secondary N) is 1. The van der Waals surface area contributed by atoms with Crippen molar-refractivity contribution in [2.75, 3.05) is 11.9 Å². The highest BCUT2D eigenvalue weighted by Gasteiger charge is 2.40. The van der Waals surface area contributed by atoms with Crippen LogP contribution >= 0.6 is 0 Å². The molecule has 0 aromatic heterocycles. The number of rotatable bonds is 5. The van der Waals surface area contributed by atoms with E-state index in [1.54, 1.807) is 0 Å². The molecule has 29 heavy (non-hydrogen) atoms. The van der Waals surface area contributed by atoms with Crippen LogP contribution < -0.4 is 5.32 Å². The smallest absolute Gasteiger partial charge is 0.244 e. The maximum Gasteiger partial charge on any atom is 0.244 e. The highest BCUT2D eigenvalue weighted by Crippen LogP contribution is 2.31. The van der Waals surface area contributed by atoms with E-state index in [4.69, 9.17) is 0 Å². The average molecular weight is 415 g/mol. The lowest BCUT2D eigenvalue weighted by Crippen LogP contribution is -2.43. The summed E-state index contributed by atoms with van der Waals surface area (Å²) in [5.41, 5.74) is 4.35. The highest BCUT2D eigenvalue weighted by molar-refractivity contribution is 7.89. The average Bonchev–Trinajstić information content (AvgIpc) is 3.12. The first-order chi connectivity index (χ1) is 13.6. The molecular formula is C23H30N2O3S. The third-order valence-corrected chi connectivity index (χ3v) is 7.74. The molecule has 1 aliphatic rings. The van der Waals surface area contributed by atoms with Crippen LogP contribution in [0.25, 0.3) is 0 Å². The van der Waals surface area contributed by atoms with Crippen molar-refractivity contribution in [3.8, 4) is 0 Å². The number of carbonyl (C=O) groups is 1. The molecule has 3 rings (SSSR count). The van der Waals surface area contributed by atoms with E-state index in [0.29, 0.717) is 35.9 Å². The number of carbonyl (C=O) groups excluding carboxylic acids is 1. The van der Waals surface area contributed by atoms with Crippen LogP contribution in [-0.2, 0) is 14.8 Å². The quantitative estimate of drug-likeness (QED) is 0.782. The SMILES string of the molecule is Cc1cc(C)c(S(=O)(=O)N2CCCC2C(=O)Nc2ccc(C(C)C)cc2)c(C)c1. The maximum absolute atomic E-state index is 13.4. The summed E-state index contributed by atoms with van der Waals surface area (Å²) in [7, 11) is -3.75. The van der Waals surface area contributed by atoms with Gasteiger partial charge in [-0.25, -0.2) is 8.42 Å². The number of hydrogen-bond acceptors (Lipinski definition) is 3. The van der Waals surface area contributed by atoms with Gasteiger partial charge in [-0.2, -0.15) is 4.31 Å². The zero-order valence-electron chi connectivity index (χ0n) is 17.8. The summed E-state index contributed by atoms with van der Waals surface area (Å²) in [6.45, 7) is 10.2. The van der Waals surface area contributed by atoms with Crippen LogP contribution in [0.3, 0.4) is 0 Å². The molecule has 1 N–H and O–H groups in total. The summed E-state index contributed by atoms with van der Waals surface area (Å²) in [5, 5.41) is 2.90. The Labute approximate surface area is 174 Å². The second-order valence-corrected chi connectivity index (χ2v) is 10.1. The molecular weight excluding hydrogens is 384 g/mol. The lowest BCUT2D eigenvalue weighted by molar-refractivity contribution is -0.119. The summed E-state index contributed by atoms with van der Waals surface area (Å²) < 4.78 is 28.2. The van der Waals surface area contributed by atoms with E-state index in [2.05, 4.69) is 19.2 Å². The first-order valence-corrected chi connectivity index (χ1v) is 11.6. The van der Waals surface area contributed by atoms with Crippen molar-refractivity contribution >= 4 is 21.6 Å². The predicted octanol–water partition coefficient (Wildman–Crippen LogP) is 4.53. The van der Waals surface area contributed by atoms with E-state index in [1.165, 1.54) is 9.87 Å². The standard InChI is InChI=1S/C23H30N2O3S/c1-15(2)19-8-10-20(11-9-19)24-23(26)21-7-6-12-25(21)29(27,28)22-17(4)13-16(3)14-18(22)5/h8-11,13-15,21H,6-7,12H2,1-5H3,(H,24,26). The van der Waals surface area contributed by atoms with E-state index in [-0.39, 0.29) is 5.91 Å². The molecule has 2 aromatic rings. The molecule has 0 aliphatic carbocycles. The molecule has 6 heteroatoms. The largest absolute Gasteiger partial charge is 0.325 e. The third kappa shape index (κ3) is 4.38. The van der Waals surface area contributed by atoms with Crippen LogP contribution in [0.1, 0.15) is 54.9 Å². The summed E-state index contributed by atoms with van der Waals surface area (Å²) in [4.78, 5) is 13.3. The molecule has 156 valence electrons. The van der Waals surface area contributed by atoms with Crippen molar-refractivity contribution in [1.29, 1.82) is 0 Å². The van der Waals surface area contributed by atoms with Crippen LogP contribution in [0.4, 0.5) is 5.69 Å². The molecule has 1 aliphatic heterocycles. The molecule has 1 atom stereocenters. The fraction of sp³-hybridized carbons (Fsp3) is 0.435. The Hall–Kier alpha value is -2.18. The second-order valence-electron chi connectivity index (χ2n) is 8.27. The van der Waals surface area contributed by atoms with Gasteiger partial charge < -0.3 is 5.32 Å². The number of nitrogens with zero attached hydrogens (tertiary/aromatic N) is 1. The Morgan fingerprint density at radius 2 is 1.66 bits per heavy atom. The van der Waals surface area contributed by atoms with Crippen molar-refractivity contribution in [3.05, 3.63) is 58.7 Å². The third-order valence-electron chi connectivity index (χ3n) is 5.52. The lowest BCUT2D eigenvalue weighted by atomic mass is 10.0. The first-order valence-electron chi connectivity index (χ1n) is 10.1. The molecule has 0 bridgehead atoms. The number of aryl methyl sites for hydroxylation is 3. The Bertz CT molecular complexity index is 988. The minimum Gasteiger partial charge on any atom is -0.325 e. The zero-order chi connectivity index (χ0) is 21.3. The van der Waals surface area contributed by atoms with Gasteiger partial charge >= 0.3 is 0 Å². The number of hydrogen-bond donors (Lipinski definition) is 1. The van der Waals surface area contributed by atoms with Crippen LogP contribution in [0.5, 0.6) is 0 Å². The van der Waals surface area contributed by atoms with E-state index >= 15 is 0 Å². The van der Waals surface area contributed by atoms with E-state index < -0.39 is 16.1 Å². The molecule has 0 saturated carbocycles. The van der Waals surface area contributed by atoms with E-state index in [1.807, 2.05) is 57.2 Å². The van der Waals surface area contributed by atoms with Gasteiger partial charge in [0.1, 0.15) is 6.04 Å². The maximum atomic E-state index is 13.4. The molecule has 0 spiro atoms. The Balaban J connectivity index is 1.84. The number of benzene rings is 2. The summed E-state index contributed by atoms with van der Waals surface area (Å²) >= 11 is 0. The topological polar surface area (TPSA) is 66.5 Å². The molecule has 1 fully saturated rings. The molecule has 1 saturated heterocycles. The fourth-order valence-electron chi connectivity index (χ4n) is 4.16. The van der Waals surface area contributed by atoms with Crippen molar-refractivity contribution in [2.45, 2.75) is 64.3 Å². The van der Waals surface area contributed by atoms with Gasteiger partial charge in [-0.3, -0.25) is 4.79 Å². The molecule has 1 amide bonds. The fourth-order valence-corrected chi connectivity index (χ4v) is 6.23. The molecule has 1 heterocycles. The summed E-state index contributed by atoms with van der Waals surface area (Å²) in [6.07, 6.45) is 1.20. The lowest BCUT2D eigenvalue weighted by Gasteiger charge is -2.25. The van der Waals surface area contributed by atoms with E-state index in [9.17, 15) is 13.2 Å². The van der Waals surface area contributed by atoms with Crippen LogP contribution in [0, 0.1) is 20.8 Å². The van der Waals surface area contributed by atoms with Crippen LogP contribution in [-0.4, -0.2) is 31.2 Å². The minimum absolute atomic E-state index is 0.272. The molecule has 0 radical (unpaired) electrons. The molecule has 2 aromatic carbocycles. The minimum atomic E-state index is -3.75. The van der Waals surface area contributed by atoms with Gasteiger partial charge in [0.05, 0.1) is 4.90 Å². The zero-order valence-corrected chi connectivity index (χ0v) is 18.6. The van der Waals surface area contributed by atoms with Gasteiger partial charge in [-0.1, -0.05) is 43.7 Å². The summed E-state index contributed by atoms with van der Waals surface area (Å²) in [5.74, 6) is 0.141. The van der Waals surface area contributed by atoms with Crippen LogP contribution in [0.2, 0.25) is 0 Å². The Morgan fingerprint density at radius 1 is 1.07 bits per heavy atom. The Kier molecular flexibility index (Phi) is 6.15.